The van der Waals surface area contributed by atoms with Gasteiger partial charge in [0.1, 0.15) is 0 Å². The summed E-state index contributed by atoms with van der Waals surface area (Å²) < 4.78 is 10.6. The highest BCUT2D eigenvalue weighted by Gasteiger charge is 2.33. The van der Waals surface area contributed by atoms with E-state index in [0.29, 0.717) is 0 Å². The highest BCUT2D eigenvalue weighted by Crippen LogP contribution is 2.37. The van der Waals surface area contributed by atoms with Crippen LogP contribution in [0.1, 0.15) is 67.1 Å². The van der Waals surface area contributed by atoms with E-state index in [9.17, 15) is 0 Å². The standard InChI is InChI=1S/C12H20O2.C8H16O2.I2.HI.2H2/c1-3-13-10-12(11-14-4-2)8-6-5-7-9-12;9-6-8(7-10)4-2-1-3-5-8;1-2;;;/h3-4H,1-2,5-11H2;9-10H,1-7H2;;3*1H. The van der Waals surface area contributed by atoms with E-state index in [1.807, 2.05) is 0 Å². The molecule has 166 valence electrons. The van der Waals surface area contributed by atoms with Crippen molar-refractivity contribution in [2.24, 2.45) is 10.8 Å². The fourth-order valence-electron chi connectivity index (χ4n) is 3.77. The SMILES string of the molecule is C=COCC1(COC=C)CCCCC1.I.II.OCC1(CO)CCCCC1.[HH].[HH]. The molecule has 2 saturated carbocycles. The third-order valence-electron chi connectivity index (χ3n) is 5.51. The summed E-state index contributed by atoms with van der Waals surface area (Å²) in [6.07, 6.45) is 14.9. The number of ether oxygens (including phenoxy) is 2. The van der Waals surface area contributed by atoms with E-state index in [1.54, 1.807) is 0 Å². The van der Waals surface area contributed by atoms with Crippen LogP contribution < -0.4 is 0 Å². The van der Waals surface area contributed by atoms with Gasteiger partial charge in [0.05, 0.1) is 39.0 Å². The van der Waals surface area contributed by atoms with E-state index >= 15 is 0 Å². The van der Waals surface area contributed by atoms with Crippen LogP contribution in [-0.2, 0) is 9.47 Å². The fourth-order valence-corrected chi connectivity index (χ4v) is 3.77. The second kappa shape index (κ2) is 19.2. The molecule has 2 aliphatic rings. The van der Waals surface area contributed by atoms with Crippen molar-refractivity contribution in [1.82, 2.24) is 0 Å². The maximum Gasteiger partial charge on any atom is 0.0961 e. The molecule has 0 radical (unpaired) electrons. The van der Waals surface area contributed by atoms with E-state index < -0.39 is 0 Å². The topological polar surface area (TPSA) is 58.9 Å². The van der Waals surface area contributed by atoms with Crippen molar-refractivity contribution in [2.45, 2.75) is 64.2 Å². The number of hydrogen-bond acceptors (Lipinski definition) is 4. The second-order valence-corrected chi connectivity index (χ2v) is 7.39. The molecule has 0 aromatic heterocycles. The van der Waals surface area contributed by atoms with Gasteiger partial charge in [-0.25, -0.2) is 0 Å². The van der Waals surface area contributed by atoms with Crippen LogP contribution in [0.3, 0.4) is 0 Å². The van der Waals surface area contributed by atoms with E-state index in [1.165, 1.54) is 63.9 Å². The van der Waals surface area contributed by atoms with Gasteiger partial charge >= 0.3 is 0 Å². The Morgan fingerprint density at radius 2 is 1.07 bits per heavy atom. The Balaban J connectivity index is -0.000000187. The Bertz CT molecular complexity index is 346. The molecule has 7 heteroatoms. The zero-order valence-corrected chi connectivity index (χ0v) is 23.0. The fraction of sp³-hybridized carbons (Fsp3) is 0.800. The average molecular weight is 726 g/mol. The van der Waals surface area contributed by atoms with Crippen LogP contribution in [0.15, 0.2) is 25.7 Å². The van der Waals surface area contributed by atoms with E-state index in [4.69, 9.17) is 19.7 Å². The molecule has 27 heavy (non-hydrogen) atoms. The second-order valence-electron chi connectivity index (χ2n) is 7.39. The van der Waals surface area contributed by atoms with Crippen molar-refractivity contribution < 1.29 is 22.5 Å². The third-order valence-corrected chi connectivity index (χ3v) is 5.51. The summed E-state index contributed by atoms with van der Waals surface area (Å²) in [6, 6.07) is 0. The van der Waals surface area contributed by atoms with Crippen molar-refractivity contribution in [3.05, 3.63) is 25.7 Å². The van der Waals surface area contributed by atoms with Crippen molar-refractivity contribution in [2.75, 3.05) is 26.4 Å². The average Bonchev–Trinajstić information content (AvgIpc) is 2.74. The molecule has 2 aliphatic carbocycles. The molecule has 0 unspecified atom stereocenters. The summed E-state index contributed by atoms with van der Waals surface area (Å²) in [7, 11) is 0. The normalized spacial score (nSPS) is 19.6. The molecule has 0 aromatic carbocycles. The maximum absolute atomic E-state index is 8.98. The molecule has 0 saturated heterocycles. The molecule has 2 rings (SSSR count). The van der Waals surface area contributed by atoms with Crippen molar-refractivity contribution in [3.8, 4) is 0 Å². The zero-order valence-electron chi connectivity index (χ0n) is 16.3. The molecule has 4 nitrogen and oxygen atoms in total. The number of halogens is 3. The minimum absolute atomic E-state index is 0. The van der Waals surface area contributed by atoms with Gasteiger partial charge in [-0.2, -0.15) is 0 Å². The van der Waals surface area contributed by atoms with E-state index in [0.717, 1.165) is 26.1 Å². The molecule has 0 amide bonds. The zero-order chi connectivity index (χ0) is 19.7. The highest BCUT2D eigenvalue weighted by atomic mass is 128. The molecule has 0 aromatic rings. The van der Waals surface area contributed by atoms with Crippen LogP contribution in [-0.4, -0.2) is 36.6 Å². The Morgan fingerprint density at radius 3 is 1.33 bits per heavy atom. The summed E-state index contributed by atoms with van der Waals surface area (Å²) in [5.74, 6) is 0. The largest absolute Gasteiger partial charge is 0.501 e. The van der Waals surface area contributed by atoms with Crippen LogP contribution in [0.5, 0.6) is 0 Å². The lowest BCUT2D eigenvalue weighted by atomic mass is 9.75. The molecule has 2 fully saturated rings. The van der Waals surface area contributed by atoms with E-state index in [-0.39, 0.29) is 50.9 Å². The summed E-state index contributed by atoms with van der Waals surface area (Å²) in [5.41, 5.74) is 0.0683. The van der Waals surface area contributed by atoms with Gasteiger partial charge in [0, 0.05) is 50.9 Å². The lowest BCUT2D eigenvalue weighted by Gasteiger charge is -2.35. The summed E-state index contributed by atoms with van der Waals surface area (Å²) in [6.45, 7) is 8.91. The first-order valence-electron chi connectivity index (χ1n) is 9.47. The summed E-state index contributed by atoms with van der Waals surface area (Å²) >= 11 is 4.24. The van der Waals surface area contributed by atoms with Gasteiger partial charge < -0.3 is 19.7 Å². The van der Waals surface area contributed by atoms with Gasteiger partial charge in [-0.15, -0.1) is 24.0 Å². The first-order valence-corrected chi connectivity index (χ1v) is 15.8. The Morgan fingerprint density at radius 1 is 0.741 bits per heavy atom. The number of aliphatic hydroxyl groups is 2. The number of aliphatic hydroxyl groups excluding tert-OH is 2. The monoisotopic (exact) mass is 726 g/mol. The van der Waals surface area contributed by atoms with Gasteiger partial charge in [-0.1, -0.05) is 51.7 Å². The lowest BCUT2D eigenvalue weighted by molar-refractivity contribution is 0.0107. The molecule has 0 bridgehead atoms. The van der Waals surface area contributed by atoms with Gasteiger partial charge in [-0.3, -0.25) is 0 Å². The van der Waals surface area contributed by atoms with Gasteiger partial charge in [-0.05, 0) is 25.7 Å². The number of hydrogen-bond donors (Lipinski definition) is 2. The van der Waals surface area contributed by atoms with Gasteiger partial charge in [0.2, 0.25) is 0 Å². The van der Waals surface area contributed by atoms with Crippen molar-refractivity contribution in [1.29, 1.82) is 0 Å². The molecular weight excluding hydrogens is 685 g/mol. The Labute approximate surface area is 209 Å². The Hall–Kier alpha value is 1.19. The minimum Gasteiger partial charge on any atom is -0.501 e. The van der Waals surface area contributed by atoms with Crippen LogP contribution >= 0.6 is 61.2 Å². The molecule has 0 aliphatic heterocycles. The maximum atomic E-state index is 8.98. The van der Waals surface area contributed by atoms with Crippen LogP contribution in [0.25, 0.3) is 0 Å². The van der Waals surface area contributed by atoms with Crippen molar-refractivity contribution >= 4 is 61.2 Å². The van der Waals surface area contributed by atoms with Crippen LogP contribution in [0.4, 0.5) is 0 Å². The van der Waals surface area contributed by atoms with Crippen LogP contribution in [0, 0.1) is 10.8 Å². The number of rotatable bonds is 8. The third kappa shape index (κ3) is 12.5. The van der Waals surface area contributed by atoms with Crippen molar-refractivity contribution in [3.63, 3.8) is 0 Å². The van der Waals surface area contributed by atoms with Gasteiger partial charge in [0.15, 0.2) is 0 Å². The molecule has 0 spiro atoms. The quantitative estimate of drug-likeness (QED) is 0.208. The Kier molecular flexibility index (Phi) is 21.6. The van der Waals surface area contributed by atoms with Gasteiger partial charge in [0.25, 0.3) is 0 Å². The highest BCUT2D eigenvalue weighted by molar-refractivity contribution is 15.0. The molecule has 0 heterocycles. The summed E-state index contributed by atoms with van der Waals surface area (Å²) in [5, 5.41) is 18.0. The molecule has 2 N–H and O–H groups in total. The lowest BCUT2D eigenvalue weighted by Crippen LogP contribution is -2.33. The first kappa shape index (κ1) is 30.4. The molecular formula is C20H41I3O4. The first-order chi connectivity index (χ1) is 12.7. The predicted octanol–water partition coefficient (Wildman–Crippen LogP) is 7.06. The molecule has 0 atom stereocenters. The van der Waals surface area contributed by atoms with Crippen LogP contribution in [0.2, 0.25) is 0 Å². The summed E-state index contributed by atoms with van der Waals surface area (Å²) in [4.78, 5) is 0. The van der Waals surface area contributed by atoms with E-state index in [2.05, 4.69) is 50.4 Å². The smallest absolute Gasteiger partial charge is 0.0961 e. The minimum atomic E-state index is -0.127. The predicted molar refractivity (Wildman–Crippen MR) is 145 cm³/mol.